The first-order valence-electron chi connectivity index (χ1n) is 6.73. The molecule has 1 saturated heterocycles. The molecule has 1 aliphatic heterocycles. The predicted molar refractivity (Wildman–Crippen MR) is 74.7 cm³/mol. The zero-order chi connectivity index (χ0) is 13.0. The lowest BCUT2D eigenvalue weighted by Crippen LogP contribution is -2.34. The van der Waals surface area contributed by atoms with Crippen molar-refractivity contribution in [3.8, 4) is 6.07 Å². The molecule has 0 saturated carbocycles. The van der Waals surface area contributed by atoms with E-state index in [-0.39, 0.29) is 0 Å². The van der Waals surface area contributed by atoms with Gasteiger partial charge in [-0.3, -0.25) is 4.90 Å². The quantitative estimate of drug-likeness (QED) is 0.883. The molecule has 0 aromatic heterocycles. The van der Waals surface area contributed by atoms with Crippen LogP contribution in [-0.4, -0.2) is 30.6 Å². The van der Waals surface area contributed by atoms with E-state index in [1.54, 1.807) is 0 Å². The third kappa shape index (κ3) is 2.83. The van der Waals surface area contributed by atoms with Crippen LogP contribution in [0, 0.1) is 18.3 Å². The van der Waals surface area contributed by atoms with Crippen LogP contribution in [0.25, 0.3) is 0 Å². The van der Waals surface area contributed by atoms with Crippen molar-refractivity contribution in [2.24, 2.45) is 0 Å². The summed E-state index contributed by atoms with van der Waals surface area (Å²) < 4.78 is 0. The van der Waals surface area contributed by atoms with Crippen molar-refractivity contribution in [2.45, 2.75) is 32.7 Å². The summed E-state index contributed by atoms with van der Waals surface area (Å²) >= 11 is 0. The number of likely N-dealkylation sites (tertiary alicyclic amines) is 1. The molecule has 3 heteroatoms. The Labute approximate surface area is 109 Å². The van der Waals surface area contributed by atoms with Crippen LogP contribution in [0.15, 0.2) is 18.2 Å². The number of nitriles is 1. The zero-order valence-corrected chi connectivity index (χ0v) is 11.2. The minimum absolute atomic E-state index is 0.613. The van der Waals surface area contributed by atoms with Gasteiger partial charge in [0, 0.05) is 12.6 Å². The summed E-state index contributed by atoms with van der Waals surface area (Å²) in [5.74, 6) is 0. The molecule has 1 fully saturated rings. The summed E-state index contributed by atoms with van der Waals surface area (Å²) in [4.78, 5) is 2.51. The second-order valence-corrected chi connectivity index (χ2v) is 4.97. The standard InChI is InChI=1S/C15H21N3/c1-3-18-8-4-5-14(18)11-17-15-9-12(2)6-7-13(15)10-16/h6-7,9,14,17H,3-5,8,11H2,1-2H3. The summed E-state index contributed by atoms with van der Waals surface area (Å²) in [7, 11) is 0. The highest BCUT2D eigenvalue weighted by atomic mass is 15.2. The first kappa shape index (κ1) is 12.9. The van der Waals surface area contributed by atoms with Crippen LogP contribution in [0.3, 0.4) is 0 Å². The Morgan fingerprint density at radius 1 is 1.50 bits per heavy atom. The van der Waals surface area contributed by atoms with Crippen LogP contribution >= 0.6 is 0 Å². The Kier molecular flexibility index (Phi) is 4.22. The summed E-state index contributed by atoms with van der Waals surface area (Å²) in [6, 6.07) is 8.80. The first-order chi connectivity index (χ1) is 8.74. The lowest BCUT2D eigenvalue weighted by atomic mass is 10.1. The van der Waals surface area contributed by atoms with Crippen LogP contribution < -0.4 is 5.32 Å². The number of anilines is 1. The van der Waals surface area contributed by atoms with Crippen molar-refractivity contribution in [3.05, 3.63) is 29.3 Å². The Morgan fingerprint density at radius 3 is 3.06 bits per heavy atom. The number of benzene rings is 1. The Bertz CT molecular complexity index is 448. The van der Waals surface area contributed by atoms with Crippen molar-refractivity contribution < 1.29 is 0 Å². The van der Waals surface area contributed by atoms with Crippen molar-refractivity contribution in [1.82, 2.24) is 4.90 Å². The molecule has 1 aromatic rings. The van der Waals surface area contributed by atoms with E-state index in [0.717, 1.165) is 24.3 Å². The van der Waals surface area contributed by atoms with Gasteiger partial charge in [-0.15, -0.1) is 0 Å². The topological polar surface area (TPSA) is 39.1 Å². The maximum atomic E-state index is 9.10. The molecule has 0 aliphatic carbocycles. The fourth-order valence-corrected chi connectivity index (χ4v) is 2.67. The van der Waals surface area contributed by atoms with Gasteiger partial charge in [-0.25, -0.2) is 0 Å². The lowest BCUT2D eigenvalue weighted by molar-refractivity contribution is 0.277. The molecule has 1 unspecified atom stereocenters. The molecule has 1 aromatic carbocycles. The lowest BCUT2D eigenvalue weighted by Gasteiger charge is -2.23. The fraction of sp³-hybridized carbons (Fsp3) is 0.533. The van der Waals surface area contributed by atoms with E-state index in [1.807, 2.05) is 12.1 Å². The molecule has 1 N–H and O–H groups in total. The largest absolute Gasteiger partial charge is 0.382 e. The van der Waals surface area contributed by atoms with Gasteiger partial charge in [0.1, 0.15) is 6.07 Å². The van der Waals surface area contributed by atoms with E-state index in [4.69, 9.17) is 5.26 Å². The van der Waals surface area contributed by atoms with Crippen LogP contribution in [0.2, 0.25) is 0 Å². The van der Waals surface area contributed by atoms with Crippen molar-refractivity contribution >= 4 is 5.69 Å². The first-order valence-corrected chi connectivity index (χ1v) is 6.73. The normalized spacial score (nSPS) is 19.7. The summed E-state index contributed by atoms with van der Waals surface area (Å²) in [5.41, 5.74) is 2.90. The number of likely N-dealkylation sites (N-methyl/N-ethyl adjacent to an activating group) is 1. The second-order valence-electron chi connectivity index (χ2n) is 4.97. The predicted octanol–water partition coefficient (Wildman–Crippen LogP) is 2.76. The van der Waals surface area contributed by atoms with Gasteiger partial charge < -0.3 is 5.32 Å². The SMILES string of the molecule is CCN1CCCC1CNc1cc(C)ccc1C#N. The number of nitrogens with one attached hydrogen (secondary N) is 1. The van der Waals surface area contributed by atoms with Gasteiger partial charge in [0.15, 0.2) is 0 Å². The van der Waals surface area contributed by atoms with E-state index in [0.29, 0.717) is 6.04 Å². The van der Waals surface area contributed by atoms with Gasteiger partial charge in [0.2, 0.25) is 0 Å². The summed E-state index contributed by atoms with van der Waals surface area (Å²) in [6.45, 7) is 7.53. The van der Waals surface area contributed by atoms with E-state index in [2.05, 4.69) is 36.2 Å². The number of aryl methyl sites for hydroxylation is 1. The summed E-state index contributed by atoms with van der Waals surface area (Å²) in [6.07, 6.45) is 2.55. The highest BCUT2D eigenvalue weighted by Gasteiger charge is 2.22. The minimum atomic E-state index is 0.613. The van der Waals surface area contributed by atoms with Crippen molar-refractivity contribution in [2.75, 3.05) is 25.0 Å². The minimum Gasteiger partial charge on any atom is -0.382 e. The number of nitrogens with zero attached hydrogens (tertiary/aromatic N) is 2. The Morgan fingerprint density at radius 2 is 2.33 bits per heavy atom. The number of hydrogen-bond donors (Lipinski definition) is 1. The van der Waals surface area contributed by atoms with Crippen LogP contribution in [0.5, 0.6) is 0 Å². The highest BCUT2D eigenvalue weighted by Crippen LogP contribution is 2.20. The van der Waals surface area contributed by atoms with Gasteiger partial charge in [-0.2, -0.15) is 5.26 Å². The molecule has 3 nitrogen and oxygen atoms in total. The molecule has 0 radical (unpaired) electrons. The Hall–Kier alpha value is -1.53. The molecular formula is C15H21N3. The maximum absolute atomic E-state index is 9.10. The van der Waals surface area contributed by atoms with Gasteiger partial charge in [-0.1, -0.05) is 13.0 Å². The fourth-order valence-electron chi connectivity index (χ4n) is 2.67. The third-order valence-corrected chi connectivity index (χ3v) is 3.73. The van der Waals surface area contributed by atoms with Crippen molar-refractivity contribution in [1.29, 1.82) is 5.26 Å². The van der Waals surface area contributed by atoms with Gasteiger partial charge >= 0.3 is 0 Å². The molecular weight excluding hydrogens is 222 g/mol. The van der Waals surface area contributed by atoms with E-state index >= 15 is 0 Å². The molecule has 0 bridgehead atoms. The van der Waals surface area contributed by atoms with Gasteiger partial charge in [0.25, 0.3) is 0 Å². The molecule has 1 atom stereocenters. The smallest absolute Gasteiger partial charge is 0.101 e. The Balaban J connectivity index is 2.02. The van der Waals surface area contributed by atoms with E-state index in [1.165, 1.54) is 24.9 Å². The molecule has 18 heavy (non-hydrogen) atoms. The number of rotatable bonds is 4. The molecule has 1 aliphatic rings. The molecule has 0 spiro atoms. The summed E-state index contributed by atoms with van der Waals surface area (Å²) in [5, 5.41) is 12.5. The monoisotopic (exact) mass is 243 g/mol. The highest BCUT2D eigenvalue weighted by molar-refractivity contribution is 5.58. The molecule has 2 rings (SSSR count). The van der Waals surface area contributed by atoms with Crippen molar-refractivity contribution in [3.63, 3.8) is 0 Å². The van der Waals surface area contributed by atoms with Crippen LogP contribution in [-0.2, 0) is 0 Å². The number of hydrogen-bond acceptors (Lipinski definition) is 3. The van der Waals surface area contributed by atoms with Gasteiger partial charge in [-0.05, 0) is 50.6 Å². The van der Waals surface area contributed by atoms with Gasteiger partial charge in [0.05, 0.1) is 11.3 Å². The average molecular weight is 243 g/mol. The van der Waals surface area contributed by atoms with E-state index < -0.39 is 0 Å². The zero-order valence-electron chi connectivity index (χ0n) is 11.2. The molecule has 96 valence electrons. The van der Waals surface area contributed by atoms with Crippen LogP contribution in [0.1, 0.15) is 30.9 Å². The average Bonchev–Trinajstić information content (AvgIpc) is 2.84. The second kappa shape index (κ2) is 5.88. The van der Waals surface area contributed by atoms with E-state index in [9.17, 15) is 0 Å². The van der Waals surface area contributed by atoms with Crippen LogP contribution in [0.4, 0.5) is 5.69 Å². The maximum Gasteiger partial charge on any atom is 0.101 e. The third-order valence-electron chi connectivity index (χ3n) is 3.73. The molecule has 1 heterocycles. The molecule has 0 amide bonds.